The summed E-state index contributed by atoms with van der Waals surface area (Å²) in [4.78, 5) is 2.40. The van der Waals surface area contributed by atoms with Crippen molar-refractivity contribution in [1.29, 1.82) is 0 Å². The lowest BCUT2D eigenvalue weighted by molar-refractivity contribution is 0.351. The van der Waals surface area contributed by atoms with E-state index in [1.807, 2.05) is 6.07 Å². The Labute approximate surface area is 116 Å². The highest BCUT2D eigenvalue weighted by Crippen LogP contribution is 2.34. The SMILES string of the molecule is CN1CCc2c(n(C)c3cccc([O][Al])c23)CC1. The van der Waals surface area contributed by atoms with Gasteiger partial charge in [0.2, 0.25) is 0 Å². The summed E-state index contributed by atoms with van der Waals surface area (Å²) in [6.45, 7) is 2.26. The maximum Gasteiger partial charge on any atom is 0.482 e. The van der Waals surface area contributed by atoms with Gasteiger partial charge in [-0.25, -0.2) is 0 Å². The Hall–Kier alpha value is -0.948. The van der Waals surface area contributed by atoms with Crippen LogP contribution in [0.1, 0.15) is 11.3 Å². The quantitative estimate of drug-likeness (QED) is 0.722. The third kappa shape index (κ3) is 1.76. The van der Waals surface area contributed by atoms with Crippen molar-refractivity contribution in [2.75, 3.05) is 20.1 Å². The third-order valence-corrected chi connectivity index (χ3v) is 4.28. The largest absolute Gasteiger partial charge is 0.653 e. The van der Waals surface area contributed by atoms with E-state index in [0.29, 0.717) is 0 Å². The molecule has 0 unspecified atom stereocenters. The van der Waals surface area contributed by atoms with Gasteiger partial charge >= 0.3 is 16.6 Å². The van der Waals surface area contributed by atoms with E-state index in [4.69, 9.17) is 3.79 Å². The molecule has 0 aliphatic carbocycles. The van der Waals surface area contributed by atoms with Gasteiger partial charge in [-0.05, 0) is 31.2 Å². The van der Waals surface area contributed by atoms with E-state index in [2.05, 4.69) is 52.3 Å². The molecule has 1 aliphatic heterocycles. The van der Waals surface area contributed by atoms with Gasteiger partial charge in [0.05, 0.1) is 11.3 Å². The average Bonchev–Trinajstić information content (AvgIpc) is 2.54. The summed E-state index contributed by atoms with van der Waals surface area (Å²) in [5.74, 6) is 0.971. The molecular formula is C14H17AlN2O. The summed E-state index contributed by atoms with van der Waals surface area (Å²) in [5, 5.41) is 1.29. The number of nitrogens with zero attached hydrogens (tertiary/aromatic N) is 2. The van der Waals surface area contributed by atoms with Crippen LogP contribution >= 0.6 is 0 Å². The van der Waals surface area contributed by atoms with Crippen molar-refractivity contribution in [2.24, 2.45) is 7.05 Å². The Balaban J connectivity index is 2.27. The van der Waals surface area contributed by atoms with E-state index < -0.39 is 0 Å². The number of benzene rings is 1. The van der Waals surface area contributed by atoms with Crippen LogP contribution in [0.4, 0.5) is 0 Å². The molecule has 0 spiro atoms. The zero-order valence-corrected chi connectivity index (χ0v) is 12.1. The first-order valence-electron chi connectivity index (χ1n) is 6.37. The van der Waals surface area contributed by atoms with E-state index in [-0.39, 0.29) is 0 Å². The molecule has 0 amide bonds. The fourth-order valence-corrected chi connectivity index (χ4v) is 3.19. The van der Waals surface area contributed by atoms with Crippen LogP contribution in [0.15, 0.2) is 18.2 Å². The first-order chi connectivity index (χ1) is 8.72. The average molecular weight is 256 g/mol. The van der Waals surface area contributed by atoms with Crippen LogP contribution in [-0.4, -0.2) is 46.2 Å². The highest BCUT2D eigenvalue weighted by Gasteiger charge is 2.20. The van der Waals surface area contributed by atoms with Gasteiger partial charge in [0.15, 0.2) is 0 Å². The number of hydrogen-bond acceptors (Lipinski definition) is 2. The van der Waals surface area contributed by atoms with Gasteiger partial charge in [-0.15, -0.1) is 0 Å². The minimum atomic E-state index is 0.971. The molecule has 2 heterocycles. The van der Waals surface area contributed by atoms with Gasteiger partial charge in [0, 0.05) is 37.6 Å². The fraction of sp³-hybridized carbons (Fsp3) is 0.429. The van der Waals surface area contributed by atoms with Gasteiger partial charge in [0.1, 0.15) is 0 Å². The van der Waals surface area contributed by atoms with Crippen LogP contribution in [-0.2, 0) is 19.9 Å². The smallest absolute Gasteiger partial charge is 0.482 e. The molecule has 3 nitrogen and oxygen atoms in total. The van der Waals surface area contributed by atoms with Crippen LogP contribution in [0.2, 0.25) is 0 Å². The Morgan fingerprint density at radius 1 is 1.17 bits per heavy atom. The lowest BCUT2D eigenvalue weighted by Gasteiger charge is -2.12. The van der Waals surface area contributed by atoms with Gasteiger partial charge in [-0.2, -0.15) is 0 Å². The van der Waals surface area contributed by atoms with Crippen molar-refractivity contribution in [2.45, 2.75) is 12.8 Å². The van der Waals surface area contributed by atoms with Crippen molar-refractivity contribution in [3.05, 3.63) is 29.5 Å². The maximum atomic E-state index is 5.46. The number of aromatic nitrogens is 1. The van der Waals surface area contributed by atoms with Crippen LogP contribution in [0.5, 0.6) is 5.75 Å². The molecule has 4 heteroatoms. The zero-order chi connectivity index (χ0) is 12.7. The number of hydrogen-bond donors (Lipinski definition) is 0. The predicted octanol–water partition coefficient (Wildman–Crippen LogP) is 1.67. The molecule has 1 aromatic heterocycles. The standard InChI is InChI=1S/C14H18N2O.Al/c1-15-8-6-10-11(7-9-15)16(2)12-4-3-5-13(17)14(10)12;/h3-5,17H,6-9H2,1-2H3;/q;+1/p-1. The van der Waals surface area contributed by atoms with Crippen molar-refractivity contribution in [1.82, 2.24) is 9.47 Å². The minimum absolute atomic E-state index is 0.971. The molecular weight excluding hydrogens is 239 g/mol. The second-order valence-electron chi connectivity index (χ2n) is 5.06. The summed E-state index contributed by atoms with van der Waals surface area (Å²) in [6, 6.07) is 6.29. The van der Waals surface area contributed by atoms with Gasteiger partial charge in [0.25, 0.3) is 0 Å². The first-order valence-corrected chi connectivity index (χ1v) is 6.84. The molecule has 0 atom stereocenters. The van der Waals surface area contributed by atoms with Gasteiger partial charge in [-0.1, -0.05) is 6.07 Å². The second kappa shape index (κ2) is 4.62. The van der Waals surface area contributed by atoms with E-state index >= 15 is 0 Å². The molecule has 18 heavy (non-hydrogen) atoms. The van der Waals surface area contributed by atoms with E-state index in [9.17, 15) is 0 Å². The summed E-state index contributed by atoms with van der Waals surface area (Å²) in [6.07, 6.45) is 2.22. The molecule has 0 fully saturated rings. The highest BCUT2D eigenvalue weighted by atomic mass is 27.1. The second-order valence-corrected chi connectivity index (χ2v) is 5.29. The van der Waals surface area contributed by atoms with Crippen LogP contribution < -0.4 is 3.79 Å². The van der Waals surface area contributed by atoms with Gasteiger partial charge < -0.3 is 13.3 Å². The van der Waals surface area contributed by atoms with Crippen molar-refractivity contribution >= 4 is 27.5 Å². The van der Waals surface area contributed by atoms with Crippen molar-refractivity contribution in [3.8, 4) is 5.75 Å². The predicted molar refractivity (Wildman–Crippen MR) is 74.2 cm³/mol. The first kappa shape index (κ1) is 12.1. The topological polar surface area (TPSA) is 17.4 Å². The zero-order valence-electron chi connectivity index (χ0n) is 10.9. The summed E-state index contributed by atoms with van der Waals surface area (Å²) < 4.78 is 7.79. The normalized spacial score (nSPS) is 16.6. The van der Waals surface area contributed by atoms with Crippen molar-refractivity contribution in [3.63, 3.8) is 0 Å². The summed E-state index contributed by atoms with van der Waals surface area (Å²) in [7, 11) is 4.36. The number of rotatable bonds is 1. The third-order valence-electron chi connectivity index (χ3n) is 4.02. The molecule has 92 valence electrons. The number of fused-ring (bicyclic) bond motifs is 3. The van der Waals surface area contributed by atoms with Crippen LogP contribution in [0.3, 0.4) is 0 Å². The summed E-state index contributed by atoms with van der Waals surface area (Å²) >= 11 is 2.37. The molecule has 3 rings (SSSR count). The molecule has 2 aromatic rings. The fourth-order valence-electron chi connectivity index (χ4n) is 2.99. The lowest BCUT2D eigenvalue weighted by Crippen LogP contribution is -2.21. The molecule has 1 aliphatic rings. The monoisotopic (exact) mass is 256 g/mol. The highest BCUT2D eigenvalue weighted by molar-refractivity contribution is 6.03. The molecule has 0 saturated carbocycles. The van der Waals surface area contributed by atoms with Gasteiger partial charge in [-0.3, -0.25) is 0 Å². The number of likely N-dealkylation sites (N-methyl/N-ethyl adjacent to an activating group) is 1. The molecule has 0 N–H and O–H groups in total. The minimum Gasteiger partial charge on any atom is -0.653 e. The molecule has 0 saturated heterocycles. The van der Waals surface area contributed by atoms with Crippen LogP contribution in [0.25, 0.3) is 10.9 Å². The van der Waals surface area contributed by atoms with E-state index in [1.54, 1.807) is 0 Å². The van der Waals surface area contributed by atoms with E-state index in [1.165, 1.54) is 22.2 Å². The van der Waals surface area contributed by atoms with Crippen molar-refractivity contribution < 1.29 is 3.79 Å². The maximum absolute atomic E-state index is 5.46. The molecule has 0 bridgehead atoms. The lowest BCUT2D eigenvalue weighted by atomic mass is 10.1. The Bertz CT molecular complexity index is 591. The molecule has 1 aromatic carbocycles. The Kier molecular flexibility index (Phi) is 3.11. The van der Waals surface area contributed by atoms with Crippen LogP contribution in [0, 0.1) is 0 Å². The van der Waals surface area contributed by atoms with E-state index in [0.717, 1.165) is 31.7 Å². The Morgan fingerprint density at radius 3 is 2.72 bits per heavy atom. The molecule has 2 radical (unpaired) electrons. The summed E-state index contributed by atoms with van der Waals surface area (Å²) in [5.41, 5.74) is 4.21. The number of aryl methyl sites for hydroxylation is 1. The Morgan fingerprint density at radius 2 is 1.94 bits per heavy atom.